The predicted octanol–water partition coefficient (Wildman–Crippen LogP) is -0.0804. The molecule has 1 saturated carbocycles. The van der Waals surface area contributed by atoms with Crippen LogP contribution in [0.5, 0.6) is 0 Å². The third kappa shape index (κ3) is 6.68. The van der Waals surface area contributed by atoms with E-state index in [4.69, 9.17) is 11.5 Å². The maximum absolute atomic E-state index is 12.9. The molecule has 1 saturated heterocycles. The van der Waals surface area contributed by atoms with Crippen molar-refractivity contribution in [3.8, 4) is 0 Å². The molecular formula is C21H37N5O4. The lowest BCUT2D eigenvalue weighted by Crippen LogP contribution is -2.57. The van der Waals surface area contributed by atoms with Crippen molar-refractivity contribution >= 4 is 23.6 Å². The summed E-state index contributed by atoms with van der Waals surface area (Å²) in [4.78, 5) is 49.7. The van der Waals surface area contributed by atoms with Crippen LogP contribution in [0.2, 0.25) is 0 Å². The first-order valence-corrected chi connectivity index (χ1v) is 10.7. The van der Waals surface area contributed by atoms with Crippen LogP contribution < -0.4 is 27.4 Å². The third-order valence-corrected chi connectivity index (χ3v) is 5.88. The molecule has 7 N–H and O–H groups in total. The van der Waals surface area contributed by atoms with Crippen LogP contribution in [-0.2, 0) is 19.2 Å². The lowest BCUT2D eigenvalue weighted by molar-refractivity contribution is -0.133. The molecule has 1 aliphatic heterocycles. The largest absolute Gasteiger partial charge is 0.368 e. The zero-order chi connectivity index (χ0) is 22.9. The minimum atomic E-state index is -0.989. The lowest BCUT2D eigenvalue weighted by Gasteiger charge is -2.29. The van der Waals surface area contributed by atoms with Crippen LogP contribution in [0.4, 0.5) is 0 Å². The molecule has 4 amide bonds. The van der Waals surface area contributed by atoms with Gasteiger partial charge in [0.1, 0.15) is 12.1 Å². The highest BCUT2D eigenvalue weighted by Crippen LogP contribution is 2.34. The first-order chi connectivity index (χ1) is 13.7. The molecule has 2 aliphatic rings. The van der Waals surface area contributed by atoms with Gasteiger partial charge in [0, 0.05) is 11.5 Å². The van der Waals surface area contributed by atoms with E-state index < -0.39 is 47.2 Å². The van der Waals surface area contributed by atoms with Gasteiger partial charge in [0.2, 0.25) is 23.6 Å². The Kier molecular flexibility index (Phi) is 7.16. The van der Waals surface area contributed by atoms with Gasteiger partial charge in [0.05, 0.1) is 6.04 Å². The van der Waals surface area contributed by atoms with Gasteiger partial charge in [0.25, 0.3) is 0 Å². The van der Waals surface area contributed by atoms with Gasteiger partial charge in [-0.2, -0.15) is 0 Å². The van der Waals surface area contributed by atoms with Gasteiger partial charge in [-0.25, -0.2) is 0 Å². The van der Waals surface area contributed by atoms with E-state index in [1.54, 1.807) is 0 Å². The molecule has 170 valence electrons. The van der Waals surface area contributed by atoms with E-state index >= 15 is 0 Å². The first-order valence-electron chi connectivity index (χ1n) is 10.7. The monoisotopic (exact) mass is 423 g/mol. The second-order valence-corrected chi connectivity index (χ2v) is 10.6. The molecule has 4 unspecified atom stereocenters. The van der Waals surface area contributed by atoms with Crippen molar-refractivity contribution in [2.75, 3.05) is 0 Å². The van der Waals surface area contributed by atoms with E-state index in [2.05, 4.69) is 16.0 Å². The molecule has 1 aliphatic carbocycles. The minimum absolute atomic E-state index is 0.127. The summed E-state index contributed by atoms with van der Waals surface area (Å²) in [5.41, 5.74) is 10.7. The normalized spacial score (nSPS) is 23.8. The number of hydrogen-bond acceptors (Lipinski definition) is 5. The van der Waals surface area contributed by atoms with Gasteiger partial charge in [-0.1, -0.05) is 33.6 Å². The Hall–Kier alpha value is -2.16. The second kappa shape index (κ2) is 8.91. The van der Waals surface area contributed by atoms with Crippen molar-refractivity contribution in [1.82, 2.24) is 16.0 Å². The molecule has 0 aromatic heterocycles. The predicted molar refractivity (Wildman–Crippen MR) is 113 cm³/mol. The molecule has 30 heavy (non-hydrogen) atoms. The Morgan fingerprint density at radius 2 is 1.67 bits per heavy atom. The molecule has 0 aromatic rings. The summed E-state index contributed by atoms with van der Waals surface area (Å²) in [5.74, 6) is -1.79. The fraction of sp³-hybridized carbons (Fsp3) is 0.810. The maximum Gasteiger partial charge on any atom is 0.243 e. The van der Waals surface area contributed by atoms with Gasteiger partial charge in [0.15, 0.2) is 0 Å². The van der Waals surface area contributed by atoms with E-state index in [1.807, 2.05) is 34.6 Å². The van der Waals surface area contributed by atoms with Crippen LogP contribution in [0.3, 0.4) is 0 Å². The summed E-state index contributed by atoms with van der Waals surface area (Å²) in [7, 11) is 0. The average Bonchev–Trinajstić information content (AvgIpc) is 3.36. The molecule has 0 spiro atoms. The summed E-state index contributed by atoms with van der Waals surface area (Å²) in [6, 6.07) is -2.56. The van der Waals surface area contributed by atoms with Crippen LogP contribution in [0.1, 0.15) is 66.7 Å². The van der Waals surface area contributed by atoms with Crippen molar-refractivity contribution in [2.45, 2.75) is 90.4 Å². The molecular weight excluding hydrogens is 386 g/mol. The van der Waals surface area contributed by atoms with E-state index in [0.29, 0.717) is 18.8 Å². The number of carbonyl (C=O) groups excluding carboxylic acids is 4. The molecule has 9 nitrogen and oxygen atoms in total. The first kappa shape index (κ1) is 24.1. The highest BCUT2D eigenvalue weighted by Gasteiger charge is 2.40. The van der Waals surface area contributed by atoms with Crippen LogP contribution in [0, 0.1) is 17.3 Å². The summed E-state index contributed by atoms with van der Waals surface area (Å²) in [6.45, 7) is 9.37. The smallest absolute Gasteiger partial charge is 0.243 e. The van der Waals surface area contributed by atoms with Crippen LogP contribution in [0.25, 0.3) is 0 Å². The standard InChI is InChI=1S/C21H37N5O4/c1-20(2,3)15(22)19(30)25-14(8-11-6-7-11)18(29)24-13(16(23)27)9-12-10-21(4,5)26-17(12)28/h11-15H,6-10,22H2,1-5H3,(H2,23,27)(H,24,29)(H,25,30)(H,26,28). The van der Waals surface area contributed by atoms with Gasteiger partial charge in [-0.3, -0.25) is 19.2 Å². The Bertz CT molecular complexity index is 696. The molecule has 0 bridgehead atoms. The zero-order valence-corrected chi connectivity index (χ0v) is 18.7. The van der Waals surface area contributed by atoms with Crippen molar-refractivity contribution in [3.05, 3.63) is 0 Å². The Morgan fingerprint density at radius 1 is 1.10 bits per heavy atom. The van der Waals surface area contributed by atoms with E-state index in [-0.39, 0.29) is 17.9 Å². The fourth-order valence-electron chi connectivity index (χ4n) is 3.76. The SMILES string of the molecule is CC1(C)CC(CC(NC(=O)C(CC2CC2)NC(=O)C(N)C(C)(C)C)C(N)=O)C(=O)N1. The average molecular weight is 424 g/mol. The summed E-state index contributed by atoms with van der Waals surface area (Å²) >= 11 is 0. The summed E-state index contributed by atoms with van der Waals surface area (Å²) < 4.78 is 0. The number of amides is 4. The molecule has 1 heterocycles. The van der Waals surface area contributed by atoms with Crippen LogP contribution in [0.15, 0.2) is 0 Å². The van der Waals surface area contributed by atoms with E-state index in [1.165, 1.54) is 0 Å². The maximum atomic E-state index is 12.9. The van der Waals surface area contributed by atoms with Crippen molar-refractivity contribution in [1.29, 1.82) is 0 Å². The quantitative estimate of drug-likeness (QED) is 0.351. The summed E-state index contributed by atoms with van der Waals surface area (Å²) in [5, 5.41) is 8.28. The Balaban J connectivity index is 2.05. The lowest BCUT2D eigenvalue weighted by atomic mass is 9.86. The highest BCUT2D eigenvalue weighted by atomic mass is 16.2. The highest BCUT2D eigenvalue weighted by molar-refractivity contribution is 5.93. The van der Waals surface area contributed by atoms with E-state index in [9.17, 15) is 19.2 Å². The minimum Gasteiger partial charge on any atom is -0.368 e. The third-order valence-electron chi connectivity index (χ3n) is 5.88. The topological polar surface area (TPSA) is 156 Å². The number of nitrogens with one attached hydrogen (secondary N) is 3. The molecule has 0 radical (unpaired) electrons. The molecule has 2 rings (SSSR count). The van der Waals surface area contributed by atoms with Crippen LogP contribution >= 0.6 is 0 Å². The number of nitrogens with two attached hydrogens (primary N) is 2. The zero-order valence-electron chi connectivity index (χ0n) is 18.7. The Morgan fingerprint density at radius 3 is 2.10 bits per heavy atom. The van der Waals surface area contributed by atoms with Gasteiger partial charge < -0.3 is 27.4 Å². The number of carbonyl (C=O) groups is 4. The van der Waals surface area contributed by atoms with Crippen molar-refractivity contribution in [2.24, 2.45) is 28.7 Å². The van der Waals surface area contributed by atoms with E-state index in [0.717, 1.165) is 12.8 Å². The van der Waals surface area contributed by atoms with Crippen molar-refractivity contribution in [3.63, 3.8) is 0 Å². The molecule has 0 aromatic carbocycles. The molecule has 2 fully saturated rings. The molecule has 4 atom stereocenters. The van der Waals surface area contributed by atoms with Crippen LogP contribution in [-0.4, -0.2) is 47.3 Å². The number of rotatable bonds is 9. The second-order valence-electron chi connectivity index (χ2n) is 10.6. The Labute approximate surface area is 178 Å². The number of primary amides is 1. The fourth-order valence-corrected chi connectivity index (χ4v) is 3.76. The van der Waals surface area contributed by atoms with Gasteiger partial charge in [-0.15, -0.1) is 0 Å². The molecule has 9 heteroatoms. The van der Waals surface area contributed by atoms with Gasteiger partial charge >= 0.3 is 0 Å². The summed E-state index contributed by atoms with van der Waals surface area (Å²) in [6.07, 6.45) is 3.16. The van der Waals surface area contributed by atoms with Crippen molar-refractivity contribution < 1.29 is 19.2 Å². The van der Waals surface area contributed by atoms with Gasteiger partial charge in [-0.05, 0) is 44.4 Å². The number of hydrogen-bond donors (Lipinski definition) is 5.